The van der Waals surface area contributed by atoms with Crippen LogP contribution in [-0.2, 0) is 28.5 Å². The highest BCUT2D eigenvalue weighted by Crippen LogP contribution is 2.44. The third kappa shape index (κ3) is 4.77. The molecular weight excluding hydrogens is 330 g/mol. The molecule has 0 radical (unpaired) electrons. The van der Waals surface area contributed by atoms with E-state index in [9.17, 15) is 36.2 Å². The van der Waals surface area contributed by atoms with Gasteiger partial charge < -0.3 is 9.84 Å². The predicted octanol–water partition coefficient (Wildman–Crippen LogP) is 4.52. The SMILES string of the molecule is CC(C)(C)C(=O)OCc1cc(C(F)(F)F)c(O)c(C(F)(F)F)c1. The Balaban J connectivity index is 3.27. The molecule has 0 atom stereocenters. The summed E-state index contributed by atoms with van der Waals surface area (Å²) in [6.07, 6.45) is -10.4. The van der Waals surface area contributed by atoms with E-state index < -0.39 is 52.8 Å². The Morgan fingerprint density at radius 1 is 1.00 bits per heavy atom. The minimum atomic E-state index is -5.19. The molecule has 1 N–H and O–H groups in total. The lowest BCUT2D eigenvalue weighted by atomic mass is 9.97. The van der Waals surface area contributed by atoms with Gasteiger partial charge in [-0.1, -0.05) is 0 Å². The normalized spacial score (nSPS) is 13.1. The molecule has 0 bridgehead atoms. The van der Waals surface area contributed by atoms with Crippen LogP contribution in [0.4, 0.5) is 26.3 Å². The minimum Gasteiger partial charge on any atom is -0.507 e. The summed E-state index contributed by atoms with van der Waals surface area (Å²) in [4.78, 5) is 11.6. The van der Waals surface area contributed by atoms with Crippen LogP contribution in [0.25, 0.3) is 0 Å². The zero-order valence-corrected chi connectivity index (χ0v) is 12.4. The third-order valence-corrected chi connectivity index (χ3v) is 2.76. The lowest BCUT2D eigenvalue weighted by molar-refractivity contribution is -0.154. The second-order valence-electron chi connectivity index (χ2n) is 5.86. The minimum absolute atomic E-state index is 0.320. The van der Waals surface area contributed by atoms with Gasteiger partial charge in [0.05, 0.1) is 16.5 Å². The van der Waals surface area contributed by atoms with Gasteiger partial charge in [0.25, 0.3) is 0 Å². The van der Waals surface area contributed by atoms with Crippen LogP contribution in [0.15, 0.2) is 12.1 Å². The topological polar surface area (TPSA) is 46.5 Å². The van der Waals surface area contributed by atoms with E-state index in [4.69, 9.17) is 4.74 Å². The van der Waals surface area contributed by atoms with Crippen molar-refractivity contribution in [2.24, 2.45) is 5.41 Å². The van der Waals surface area contributed by atoms with Crippen molar-refractivity contribution in [3.05, 3.63) is 28.8 Å². The fourth-order valence-corrected chi connectivity index (χ4v) is 1.58. The summed E-state index contributed by atoms with van der Waals surface area (Å²) >= 11 is 0. The quantitative estimate of drug-likeness (QED) is 0.634. The molecule has 0 saturated heterocycles. The van der Waals surface area contributed by atoms with Crippen LogP contribution >= 0.6 is 0 Å². The Bertz CT molecular complexity index is 561. The van der Waals surface area contributed by atoms with Gasteiger partial charge in [-0.2, -0.15) is 26.3 Å². The van der Waals surface area contributed by atoms with Gasteiger partial charge in [0.15, 0.2) is 0 Å². The van der Waals surface area contributed by atoms with Crippen molar-refractivity contribution in [2.45, 2.75) is 39.7 Å². The Morgan fingerprint density at radius 3 is 1.70 bits per heavy atom. The van der Waals surface area contributed by atoms with Crippen LogP contribution in [0, 0.1) is 5.41 Å². The fraction of sp³-hybridized carbons (Fsp3) is 0.500. The highest BCUT2D eigenvalue weighted by Gasteiger charge is 2.42. The van der Waals surface area contributed by atoms with Crippen LogP contribution in [0.3, 0.4) is 0 Å². The first-order valence-corrected chi connectivity index (χ1v) is 6.31. The summed E-state index contributed by atoms with van der Waals surface area (Å²) in [5, 5.41) is 9.24. The van der Waals surface area contributed by atoms with E-state index in [0.29, 0.717) is 12.1 Å². The molecule has 0 amide bonds. The van der Waals surface area contributed by atoms with Gasteiger partial charge in [0.1, 0.15) is 12.4 Å². The van der Waals surface area contributed by atoms with E-state index in [1.165, 1.54) is 20.8 Å². The molecular formula is C14H14F6O3. The Hall–Kier alpha value is -1.93. The van der Waals surface area contributed by atoms with E-state index in [1.807, 2.05) is 0 Å². The van der Waals surface area contributed by atoms with Crippen LogP contribution in [0.5, 0.6) is 5.75 Å². The largest absolute Gasteiger partial charge is 0.507 e. The number of alkyl halides is 6. The molecule has 0 aromatic heterocycles. The maximum Gasteiger partial charge on any atom is 0.419 e. The average Bonchev–Trinajstić information content (AvgIpc) is 2.32. The van der Waals surface area contributed by atoms with Crippen LogP contribution in [0.2, 0.25) is 0 Å². The smallest absolute Gasteiger partial charge is 0.419 e. The van der Waals surface area contributed by atoms with E-state index in [2.05, 4.69) is 0 Å². The molecule has 1 rings (SSSR count). The highest BCUT2D eigenvalue weighted by atomic mass is 19.4. The number of rotatable bonds is 2. The van der Waals surface area contributed by atoms with Crippen molar-refractivity contribution in [3.8, 4) is 5.75 Å². The number of carbonyl (C=O) groups excluding carboxylic acids is 1. The number of carbonyl (C=O) groups is 1. The third-order valence-electron chi connectivity index (χ3n) is 2.76. The molecule has 130 valence electrons. The molecule has 1 aromatic carbocycles. The Kier molecular flexibility index (Phi) is 4.93. The number of esters is 1. The molecule has 23 heavy (non-hydrogen) atoms. The number of aromatic hydroxyl groups is 1. The fourth-order valence-electron chi connectivity index (χ4n) is 1.58. The highest BCUT2D eigenvalue weighted by molar-refractivity contribution is 5.75. The van der Waals surface area contributed by atoms with Gasteiger partial charge >= 0.3 is 18.3 Å². The number of hydrogen-bond acceptors (Lipinski definition) is 3. The first-order chi connectivity index (χ1) is 10.1. The summed E-state index contributed by atoms with van der Waals surface area (Å²) in [5.74, 6) is -2.69. The molecule has 0 unspecified atom stereocenters. The zero-order chi connectivity index (χ0) is 18.2. The molecule has 0 fully saturated rings. The van der Waals surface area contributed by atoms with E-state index >= 15 is 0 Å². The average molecular weight is 344 g/mol. The van der Waals surface area contributed by atoms with Crippen molar-refractivity contribution < 1.29 is 41.0 Å². The van der Waals surface area contributed by atoms with Gasteiger partial charge in [-0.25, -0.2) is 0 Å². The molecule has 1 aromatic rings. The van der Waals surface area contributed by atoms with Crippen molar-refractivity contribution in [1.29, 1.82) is 0 Å². The Morgan fingerprint density at radius 2 is 1.39 bits per heavy atom. The maximum atomic E-state index is 12.7. The summed E-state index contributed by atoms with van der Waals surface area (Å²) < 4.78 is 81.2. The van der Waals surface area contributed by atoms with Crippen molar-refractivity contribution in [3.63, 3.8) is 0 Å². The number of phenols is 1. The second kappa shape index (κ2) is 5.93. The maximum absolute atomic E-state index is 12.7. The molecule has 0 aliphatic carbocycles. The van der Waals surface area contributed by atoms with Crippen molar-refractivity contribution in [1.82, 2.24) is 0 Å². The summed E-state index contributed by atoms with van der Waals surface area (Å²) in [6.45, 7) is 3.67. The number of ether oxygens (including phenoxy) is 1. The number of halogens is 6. The molecule has 3 nitrogen and oxygen atoms in total. The standard InChI is InChI=1S/C14H14F6O3/c1-12(2,3)11(22)23-6-7-4-8(13(15,16)17)10(21)9(5-7)14(18,19)20/h4-5,21H,6H2,1-3H3. The van der Waals surface area contributed by atoms with E-state index in [1.54, 1.807) is 0 Å². The summed E-state index contributed by atoms with van der Waals surface area (Å²) in [5.41, 5.74) is -5.17. The Labute approximate surface area is 127 Å². The van der Waals surface area contributed by atoms with E-state index in [0.717, 1.165) is 0 Å². The molecule has 0 spiro atoms. The number of phenolic OH excluding ortho intramolecular Hbond substituents is 1. The van der Waals surface area contributed by atoms with Crippen LogP contribution in [-0.4, -0.2) is 11.1 Å². The number of hydrogen-bond donors (Lipinski definition) is 1. The second-order valence-corrected chi connectivity index (χ2v) is 5.86. The zero-order valence-electron chi connectivity index (χ0n) is 12.4. The lowest BCUT2D eigenvalue weighted by Gasteiger charge is -2.19. The van der Waals surface area contributed by atoms with E-state index in [-0.39, 0.29) is 0 Å². The first-order valence-electron chi connectivity index (χ1n) is 6.31. The summed E-state index contributed by atoms with van der Waals surface area (Å²) in [6, 6.07) is 0.640. The van der Waals surface area contributed by atoms with Gasteiger partial charge in [-0.15, -0.1) is 0 Å². The predicted molar refractivity (Wildman–Crippen MR) is 67.4 cm³/mol. The molecule has 0 heterocycles. The van der Waals surface area contributed by atoms with Crippen LogP contribution in [0.1, 0.15) is 37.5 Å². The van der Waals surface area contributed by atoms with Gasteiger partial charge in [-0.3, -0.25) is 4.79 Å². The number of benzene rings is 1. The van der Waals surface area contributed by atoms with Gasteiger partial charge in [-0.05, 0) is 38.5 Å². The lowest BCUT2D eigenvalue weighted by Crippen LogP contribution is -2.23. The molecule has 0 aliphatic rings. The molecule has 0 aliphatic heterocycles. The van der Waals surface area contributed by atoms with Gasteiger partial charge in [0, 0.05) is 0 Å². The first kappa shape index (κ1) is 19.1. The molecule has 0 saturated carbocycles. The van der Waals surface area contributed by atoms with Gasteiger partial charge in [0.2, 0.25) is 0 Å². The monoisotopic (exact) mass is 344 g/mol. The van der Waals surface area contributed by atoms with Crippen molar-refractivity contribution >= 4 is 5.97 Å². The van der Waals surface area contributed by atoms with Crippen molar-refractivity contribution in [2.75, 3.05) is 0 Å². The summed E-state index contributed by atoms with van der Waals surface area (Å²) in [7, 11) is 0. The molecule has 9 heteroatoms. The van der Waals surface area contributed by atoms with Crippen LogP contribution < -0.4 is 0 Å².